The number of fused-ring (bicyclic) bond motifs is 1. The van der Waals surface area contributed by atoms with Crippen molar-refractivity contribution in [2.75, 3.05) is 19.5 Å². The Labute approximate surface area is 174 Å². The lowest BCUT2D eigenvalue weighted by Gasteiger charge is -2.10. The quantitative estimate of drug-likeness (QED) is 0.427. The summed E-state index contributed by atoms with van der Waals surface area (Å²) in [6.07, 6.45) is 0. The van der Waals surface area contributed by atoms with Gasteiger partial charge in [-0.05, 0) is 71.3 Å². The van der Waals surface area contributed by atoms with E-state index in [2.05, 4.69) is 11.9 Å². The van der Waals surface area contributed by atoms with E-state index in [9.17, 15) is 4.79 Å². The zero-order valence-corrected chi connectivity index (χ0v) is 16.8. The minimum Gasteiger partial charge on any atom is -0.497 e. The van der Waals surface area contributed by atoms with Gasteiger partial charge in [-0.1, -0.05) is 24.8 Å². The third-order valence-electron chi connectivity index (χ3n) is 4.89. The van der Waals surface area contributed by atoms with Crippen LogP contribution >= 0.6 is 0 Å². The van der Waals surface area contributed by atoms with Crippen LogP contribution in [-0.4, -0.2) is 14.2 Å². The van der Waals surface area contributed by atoms with Crippen LogP contribution in [0.3, 0.4) is 0 Å². The van der Waals surface area contributed by atoms with Gasteiger partial charge >= 0.3 is 5.63 Å². The van der Waals surface area contributed by atoms with Gasteiger partial charge in [-0.2, -0.15) is 0 Å². The summed E-state index contributed by atoms with van der Waals surface area (Å²) < 4.78 is 15.9. The zero-order valence-electron chi connectivity index (χ0n) is 16.8. The van der Waals surface area contributed by atoms with Gasteiger partial charge in [0.05, 0.1) is 14.2 Å². The Balaban J connectivity index is 1.66. The maximum atomic E-state index is 12.4. The van der Waals surface area contributed by atoms with Gasteiger partial charge in [0.25, 0.3) is 0 Å². The van der Waals surface area contributed by atoms with Crippen molar-refractivity contribution in [2.24, 2.45) is 0 Å². The molecule has 5 nitrogen and oxygen atoms in total. The number of nitrogens with one attached hydrogen (secondary N) is 1. The number of methoxy groups -OCH3 is 2. The van der Waals surface area contributed by atoms with Gasteiger partial charge in [-0.25, -0.2) is 4.79 Å². The fourth-order valence-electron chi connectivity index (χ4n) is 3.19. The molecule has 0 bridgehead atoms. The van der Waals surface area contributed by atoms with E-state index in [4.69, 9.17) is 13.9 Å². The van der Waals surface area contributed by atoms with Crippen molar-refractivity contribution in [1.82, 2.24) is 0 Å². The molecule has 4 rings (SSSR count). The third kappa shape index (κ3) is 3.91. The second-order valence-corrected chi connectivity index (χ2v) is 6.76. The average Bonchev–Trinajstić information content (AvgIpc) is 2.79. The molecule has 30 heavy (non-hydrogen) atoms. The molecule has 0 aliphatic carbocycles. The van der Waals surface area contributed by atoms with Crippen LogP contribution in [0.25, 0.3) is 16.5 Å². The van der Waals surface area contributed by atoms with Crippen LogP contribution in [0.4, 0.5) is 11.4 Å². The third-order valence-corrected chi connectivity index (χ3v) is 4.89. The van der Waals surface area contributed by atoms with Crippen molar-refractivity contribution in [3.8, 4) is 11.5 Å². The Bertz CT molecular complexity index is 1260. The lowest BCUT2D eigenvalue weighted by Crippen LogP contribution is -2.06. The molecule has 0 radical (unpaired) electrons. The Morgan fingerprint density at radius 1 is 0.833 bits per heavy atom. The summed E-state index contributed by atoms with van der Waals surface area (Å²) in [5, 5.41) is 3.91. The SMILES string of the molecule is C=C(c1ccc(OC)cc1)c1ccc2oc(=O)c(Nc3ccc(OC)cc3)cc2c1. The van der Waals surface area contributed by atoms with Gasteiger partial charge in [0, 0.05) is 11.1 Å². The van der Waals surface area contributed by atoms with Gasteiger partial charge in [0.1, 0.15) is 22.8 Å². The van der Waals surface area contributed by atoms with E-state index in [0.29, 0.717) is 11.3 Å². The number of ether oxygens (including phenoxy) is 2. The van der Waals surface area contributed by atoms with Crippen molar-refractivity contribution in [3.63, 3.8) is 0 Å². The topological polar surface area (TPSA) is 60.7 Å². The highest BCUT2D eigenvalue weighted by Gasteiger charge is 2.09. The first-order valence-corrected chi connectivity index (χ1v) is 9.40. The summed E-state index contributed by atoms with van der Waals surface area (Å²) in [5.74, 6) is 1.54. The van der Waals surface area contributed by atoms with E-state index in [-0.39, 0.29) is 0 Å². The Kier molecular flexibility index (Phi) is 5.26. The smallest absolute Gasteiger partial charge is 0.360 e. The molecule has 150 valence electrons. The molecule has 0 saturated carbocycles. The van der Waals surface area contributed by atoms with Gasteiger partial charge in [0.15, 0.2) is 0 Å². The van der Waals surface area contributed by atoms with Crippen molar-refractivity contribution >= 4 is 27.9 Å². The highest BCUT2D eigenvalue weighted by Crippen LogP contribution is 2.28. The lowest BCUT2D eigenvalue weighted by molar-refractivity contribution is 0.414. The second kappa shape index (κ2) is 8.17. The second-order valence-electron chi connectivity index (χ2n) is 6.76. The maximum Gasteiger partial charge on any atom is 0.360 e. The van der Waals surface area contributed by atoms with Crippen LogP contribution in [0.5, 0.6) is 11.5 Å². The monoisotopic (exact) mass is 399 g/mol. The van der Waals surface area contributed by atoms with Gasteiger partial charge in [-0.3, -0.25) is 0 Å². The molecule has 0 saturated heterocycles. The van der Waals surface area contributed by atoms with Crippen molar-refractivity contribution < 1.29 is 13.9 Å². The molecule has 5 heteroatoms. The molecule has 1 heterocycles. The molecule has 0 fully saturated rings. The minimum absolute atomic E-state index is 0.361. The van der Waals surface area contributed by atoms with Crippen molar-refractivity contribution in [3.05, 3.63) is 101 Å². The summed E-state index contributed by atoms with van der Waals surface area (Å²) in [7, 11) is 3.25. The molecule has 0 aliphatic rings. The van der Waals surface area contributed by atoms with E-state index >= 15 is 0 Å². The first kappa shape index (κ1) is 19.3. The number of anilines is 2. The van der Waals surface area contributed by atoms with Crippen LogP contribution in [0, 0.1) is 0 Å². The molecule has 0 spiro atoms. The molecule has 0 unspecified atom stereocenters. The molecule has 0 amide bonds. The number of rotatable bonds is 6. The summed E-state index contributed by atoms with van der Waals surface area (Å²) >= 11 is 0. The molecule has 3 aromatic carbocycles. The van der Waals surface area contributed by atoms with Crippen molar-refractivity contribution in [1.29, 1.82) is 0 Å². The van der Waals surface area contributed by atoms with Gasteiger partial charge in [0.2, 0.25) is 0 Å². The van der Waals surface area contributed by atoms with Crippen LogP contribution in [0.1, 0.15) is 11.1 Å². The summed E-state index contributed by atoms with van der Waals surface area (Å²) in [5.41, 5.74) is 4.02. The van der Waals surface area contributed by atoms with E-state index in [0.717, 1.165) is 39.3 Å². The molecule has 1 aromatic heterocycles. The summed E-state index contributed by atoms with van der Waals surface area (Å²) in [6.45, 7) is 4.22. The highest BCUT2D eigenvalue weighted by molar-refractivity contribution is 5.87. The number of hydrogen-bond acceptors (Lipinski definition) is 5. The molecule has 0 aliphatic heterocycles. The number of benzene rings is 3. The molecular formula is C25H21NO4. The zero-order chi connectivity index (χ0) is 21.1. The summed E-state index contributed by atoms with van der Waals surface area (Å²) in [6, 6.07) is 22.5. The molecule has 1 N–H and O–H groups in total. The molecular weight excluding hydrogens is 378 g/mol. The van der Waals surface area contributed by atoms with Crippen LogP contribution in [0.15, 0.2) is 88.6 Å². The standard InChI is InChI=1S/C25H21NO4/c1-16(17-4-9-21(28-2)10-5-17)18-6-13-24-19(14-18)15-23(25(27)30-24)26-20-7-11-22(29-3)12-8-20/h4-15,26H,1H2,2-3H3. The largest absolute Gasteiger partial charge is 0.497 e. The van der Waals surface area contributed by atoms with Crippen LogP contribution in [0.2, 0.25) is 0 Å². The Hall–Kier alpha value is -3.99. The van der Waals surface area contributed by atoms with Crippen LogP contribution < -0.4 is 20.4 Å². The fraction of sp³-hybridized carbons (Fsp3) is 0.0800. The van der Waals surface area contributed by atoms with Gasteiger partial charge in [-0.15, -0.1) is 0 Å². The molecule has 0 atom stereocenters. The summed E-state index contributed by atoms with van der Waals surface area (Å²) in [4.78, 5) is 12.4. The van der Waals surface area contributed by atoms with Crippen LogP contribution in [-0.2, 0) is 0 Å². The van der Waals surface area contributed by atoms with E-state index in [1.165, 1.54) is 0 Å². The Morgan fingerprint density at radius 3 is 2.07 bits per heavy atom. The lowest BCUT2D eigenvalue weighted by atomic mass is 9.98. The highest BCUT2D eigenvalue weighted by atomic mass is 16.5. The average molecular weight is 399 g/mol. The first-order valence-electron chi connectivity index (χ1n) is 9.40. The predicted molar refractivity (Wildman–Crippen MR) is 120 cm³/mol. The normalized spacial score (nSPS) is 10.6. The maximum absolute atomic E-state index is 12.4. The minimum atomic E-state index is -0.431. The van der Waals surface area contributed by atoms with E-state index in [1.54, 1.807) is 26.4 Å². The Morgan fingerprint density at radius 2 is 1.43 bits per heavy atom. The van der Waals surface area contributed by atoms with Crippen molar-refractivity contribution in [2.45, 2.75) is 0 Å². The van der Waals surface area contributed by atoms with E-state index in [1.807, 2.05) is 60.7 Å². The predicted octanol–water partition coefficient (Wildman–Crippen LogP) is 5.62. The fourth-order valence-corrected chi connectivity index (χ4v) is 3.19. The first-order chi connectivity index (χ1) is 14.6. The molecule has 4 aromatic rings. The van der Waals surface area contributed by atoms with Gasteiger partial charge < -0.3 is 19.2 Å². The number of hydrogen-bond donors (Lipinski definition) is 1. The van der Waals surface area contributed by atoms with E-state index < -0.39 is 5.63 Å².